The molecule has 0 fully saturated rings. The molecule has 2 aromatic heterocycles. The molecule has 0 N–H and O–H groups in total. The number of hydrogen-bond acceptors (Lipinski definition) is 5. The van der Waals surface area contributed by atoms with Crippen LogP contribution >= 0.6 is 23.2 Å². The molecular weight excluding hydrogens is 383 g/mol. The molecule has 0 amide bonds. The van der Waals surface area contributed by atoms with Gasteiger partial charge in [-0.05, 0) is 26.0 Å². The maximum absolute atomic E-state index is 6.18. The van der Waals surface area contributed by atoms with Crippen LogP contribution in [-0.4, -0.2) is 16.2 Å². The first-order valence-electron chi connectivity index (χ1n) is 8.26. The Hall–Kier alpha value is -2.63. The van der Waals surface area contributed by atoms with E-state index in [0.717, 1.165) is 22.3 Å². The van der Waals surface area contributed by atoms with E-state index in [0.29, 0.717) is 21.4 Å². The van der Waals surface area contributed by atoms with Gasteiger partial charge in [0.25, 0.3) is 0 Å². The van der Waals surface area contributed by atoms with Crippen LogP contribution in [0.3, 0.4) is 0 Å². The highest BCUT2D eigenvalue weighted by Crippen LogP contribution is 2.34. The number of anilines is 1. The number of ether oxygens (including phenoxy) is 1. The lowest BCUT2D eigenvalue weighted by Crippen LogP contribution is -2.08. The van der Waals surface area contributed by atoms with Crippen molar-refractivity contribution in [2.24, 2.45) is 5.10 Å². The lowest BCUT2D eigenvalue weighted by molar-refractivity contribution is 0.309. The van der Waals surface area contributed by atoms with Crippen LogP contribution in [0, 0.1) is 6.92 Å². The quantitative estimate of drug-likeness (QED) is 0.388. The van der Waals surface area contributed by atoms with Crippen LogP contribution in [0.1, 0.15) is 18.2 Å². The predicted molar refractivity (Wildman–Crippen MR) is 112 cm³/mol. The second-order valence-corrected chi connectivity index (χ2v) is 6.52. The van der Waals surface area contributed by atoms with Gasteiger partial charge in [-0.15, -0.1) is 0 Å². The van der Waals surface area contributed by atoms with E-state index in [1.807, 2.05) is 38.1 Å². The van der Waals surface area contributed by atoms with Crippen LogP contribution < -0.4 is 9.75 Å². The number of aromatic nitrogens is 2. The third kappa shape index (κ3) is 4.04. The van der Waals surface area contributed by atoms with Crippen molar-refractivity contribution >= 4 is 46.0 Å². The Kier molecular flexibility index (Phi) is 5.94. The van der Waals surface area contributed by atoms with E-state index in [1.54, 1.807) is 29.8 Å². The molecule has 0 spiro atoms. The van der Waals surface area contributed by atoms with Crippen LogP contribution in [0.2, 0.25) is 10.0 Å². The van der Waals surface area contributed by atoms with Crippen LogP contribution in [0.25, 0.3) is 10.9 Å². The Morgan fingerprint density at radius 3 is 2.67 bits per heavy atom. The van der Waals surface area contributed by atoms with Gasteiger partial charge >= 0.3 is 0 Å². The molecule has 5 nitrogen and oxygen atoms in total. The summed E-state index contributed by atoms with van der Waals surface area (Å²) >= 11 is 12.4. The summed E-state index contributed by atoms with van der Waals surface area (Å²) in [6, 6.07) is 7.70. The van der Waals surface area contributed by atoms with E-state index in [1.165, 1.54) is 0 Å². The zero-order valence-corrected chi connectivity index (χ0v) is 16.5. The molecule has 0 bridgehead atoms. The SMILES string of the molecule is C=CN(/N=C\C)c1cc(C)nc2c(OCc3c(Cl)cncc3Cl)cccc12. The number of nitrogens with zero attached hydrogens (tertiary/aromatic N) is 4. The van der Waals surface area contributed by atoms with Gasteiger partial charge in [-0.25, -0.2) is 9.99 Å². The molecule has 27 heavy (non-hydrogen) atoms. The minimum Gasteiger partial charge on any atom is -0.487 e. The third-order valence-corrected chi connectivity index (χ3v) is 4.54. The van der Waals surface area contributed by atoms with Crippen molar-refractivity contribution in [3.8, 4) is 5.75 Å². The molecule has 0 radical (unpaired) electrons. The molecule has 1 aromatic carbocycles. The number of hydrogen-bond donors (Lipinski definition) is 0. The molecule has 0 saturated carbocycles. The summed E-state index contributed by atoms with van der Waals surface area (Å²) in [5.41, 5.74) is 3.12. The topological polar surface area (TPSA) is 50.6 Å². The first-order chi connectivity index (χ1) is 13.0. The summed E-state index contributed by atoms with van der Waals surface area (Å²) in [7, 11) is 0. The molecule has 0 atom stereocenters. The third-order valence-electron chi connectivity index (χ3n) is 3.89. The minimum atomic E-state index is 0.211. The molecule has 0 aliphatic carbocycles. The number of rotatable bonds is 6. The molecule has 3 rings (SSSR count). The lowest BCUT2D eigenvalue weighted by Gasteiger charge is -2.18. The standard InChI is InChI=1S/C20H18Cl2N4O/c1-4-24-26(5-2)18-9-13(3)25-20-14(18)7-6-8-19(20)27-12-15-16(21)10-23-11-17(15)22/h4-11H,2,12H2,1,3H3/b24-4-. The fourth-order valence-corrected chi connectivity index (χ4v) is 3.17. The number of halogens is 2. The van der Waals surface area contributed by atoms with Crippen molar-refractivity contribution < 1.29 is 4.74 Å². The van der Waals surface area contributed by atoms with Crippen molar-refractivity contribution in [2.75, 3.05) is 5.01 Å². The molecule has 2 heterocycles. The number of fused-ring (bicyclic) bond motifs is 1. The van der Waals surface area contributed by atoms with Gasteiger partial charge < -0.3 is 4.74 Å². The molecule has 3 aromatic rings. The molecule has 7 heteroatoms. The van der Waals surface area contributed by atoms with E-state index in [-0.39, 0.29) is 6.61 Å². The first kappa shape index (κ1) is 19.1. The second-order valence-electron chi connectivity index (χ2n) is 5.71. The highest BCUT2D eigenvalue weighted by atomic mass is 35.5. The lowest BCUT2D eigenvalue weighted by atomic mass is 10.1. The van der Waals surface area contributed by atoms with Crippen LogP contribution in [0.15, 0.2) is 54.5 Å². The number of pyridine rings is 2. The van der Waals surface area contributed by atoms with Gasteiger partial charge in [0.1, 0.15) is 17.9 Å². The normalized spacial score (nSPS) is 11.1. The Balaban J connectivity index is 2.05. The first-order valence-corrected chi connectivity index (χ1v) is 9.02. The summed E-state index contributed by atoms with van der Waals surface area (Å²) in [5, 5.41) is 7.86. The van der Waals surface area contributed by atoms with Crippen molar-refractivity contribution in [2.45, 2.75) is 20.5 Å². The van der Waals surface area contributed by atoms with Gasteiger partial charge in [0.05, 0.1) is 15.7 Å². The molecule has 0 saturated heterocycles. The molecule has 0 aliphatic heterocycles. The van der Waals surface area contributed by atoms with Crippen LogP contribution in [-0.2, 0) is 6.61 Å². The Morgan fingerprint density at radius 1 is 1.26 bits per heavy atom. The van der Waals surface area contributed by atoms with E-state index >= 15 is 0 Å². The summed E-state index contributed by atoms with van der Waals surface area (Å²) < 4.78 is 6.01. The second kappa shape index (κ2) is 8.37. The minimum absolute atomic E-state index is 0.211. The maximum atomic E-state index is 6.18. The van der Waals surface area contributed by atoms with Crippen molar-refractivity contribution in [1.82, 2.24) is 9.97 Å². The van der Waals surface area contributed by atoms with Crippen molar-refractivity contribution in [1.29, 1.82) is 0 Å². The van der Waals surface area contributed by atoms with Gasteiger partial charge in [0.2, 0.25) is 0 Å². The van der Waals surface area contributed by atoms with E-state index in [4.69, 9.17) is 27.9 Å². The summed E-state index contributed by atoms with van der Waals surface area (Å²) in [6.07, 6.45) is 6.44. The fourth-order valence-electron chi connectivity index (χ4n) is 2.69. The van der Waals surface area contributed by atoms with E-state index in [9.17, 15) is 0 Å². The van der Waals surface area contributed by atoms with Crippen molar-refractivity contribution in [3.05, 3.63) is 70.7 Å². The van der Waals surface area contributed by atoms with Gasteiger partial charge in [0.15, 0.2) is 0 Å². The highest BCUT2D eigenvalue weighted by molar-refractivity contribution is 6.35. The number of benzene rings is 1. The van der Waals surface area contributed by atoms with Gasteiger partial charge in [-0.3, -0.25) is 4.98 Å². The summed E-state index contributed by atoms with van der Waals surface area (Å²) in [5.74, 6) is 0.630. The zero-order chi connectivity index (χ0) is 19.4. The van der Waals surface area contributed by atoms with Gasteiger partial charge in [-0.1, -0.05) is 41.9 Å². The van der Waals surface area contributed by atoms with E-state index < -0.39 is 0 Å². The van der Waals surface area contributed by atoms with Crippen LogP contribution in [0.5, 0.6) is 5.75 Å². The summed E-state index contributed by atoms with van der Waals surface area (Å²) in [6.45, 7) is 7.82. The van der Waals surface area contributed by atoms with Crippen LogP contribution in [0.4, 0.5) is 5.69 Å². The average Bonchev–Trinajstić information content (AvgIpc) is 2.65. The smallest absolute Gasteiger partial charge is 0.146 e. The predicted octanol–water partition coefficient (Wildman–Crippen LogP) is 5.78. The van der Waals surface area contributed by atoms with Gasteiger partial charge in [-0.2, -0.15) is 5.10 Å². The average molecular weight is 401 g/mol. The Labute approximate surface area is 167 Å². The monoisotopic (exact) mass is 400 g/mol. The number of hydrazone groups is 1. The highest BCUT2D eigenvalue weighted by Gasteiger charge is 2.14. The Morgan fingerprint density at radius 2 is 2.00 bits per heavy atom. The van der Waals surface area contributed by atoms with Gasteiger partial charge in [0, 0.05) is 41.5 Å². The van der Waals surface area contributed by atoms with Crippen molar-refractivity contribution in [3.63, 3.8) is 0 Å². The molecule has 0 unspecified atom stereocenters. The molecule has 138 valence electrons. The zero-order valence-electron chi connectivity index (χ0n) is 15.0. The Bertz CT molecular complexity index is 1000. The molecular formula is C20H18Cl2N4O. The summed E-state index contributed by atoms with van der Waals surface area (Å²) in [4.78, 5) is 8.61. The largest absolute Gasteiger partial charge is 0.487 e. The fraction of sp³-hybridized carbons (Fsp3) is 0.150. The number of para-hydroxylation sites is 1. The number of aryl methyl sites for hydroxylation is 1. The molecule has 0 aliphatic rings. The maximum Gasteiger partial charge on any atom is 0.146 e. The van der Waals surface area contributed by atoms with E-state index in [2.05, 4.69) is 21.6 Å².